The minimum atomic E-state index is 1.27. The molecule has 0 saturated heterocycles. The number of halogens is 5. The van der Waals surface area contributed by atoms with Gasteiger partial charge in [-0.15, -0.1) is 0 Å². The van der Waals surface area contributed by atoms with Crippen LogP contribution >= 0.6 is 114 Å². The Hall–Kier alpha value is 2.67. The Morgan fingerprint density at radius 3 is 2.00 bits per heavy atom. The summed E-state index contributed by atoms with van der Waals surface area (Å²) >= 11 is 11.7. The maximum Gasteiger partial charge on any atom is 0.0709 e. The fraction of sp³-hybridized carbons (Fsp3) is 0. The summed E-state index contributed by atoms with van der Waals surface area (Å²) in [5.74, 6) is 0. The molecule has 0 spiro atoms. The lowest BCUT2D eigenvalue weighted by Gasteiger charge is -2.11. The number of benzene rings is 1. The zero-order chi connectivity index (χ0) is 9.30. The molecule has 0 fully saturated rings. The van der Waals surface area contributed by atoms with Gasteiger partial charge < -0.3 is 0 Å². The van der Waals surface area contributed by atoms with E-state index >= 15 is 0 Å². The van der Waals surface area contributed by atoms with Crippen molar-refractivity contribution < 1.29 is 0 Å². The van der Waals surface area contributed by atoms with Gasteiger partial charge in [0.2, 0.25) is 0 Å². The van der Waals surface area contributed by atoms with Gasteiger partial charge in [-0.2, -0.15) is 0 Å². The zero-order valence-corrected chi connectivity index (χ0v) is 16.3. The second-order valence-corrected chi connectivity index (χ2v) is 9.02. The first-order valence-electron chi connectivity index (χ1n) is 2.79. The summed E-state index contributed by atoms with van der Waals surface area (Å²) in [6.45, 7) is 0. The highest BCUT2D eigenvalue weighted by Gasteiger charge is 2.09. The van der Waals surface area contributed by atoms with Gasteiger partial charge in [0.25, 0.3) is 0 Å². The Morgan fingerprint density at radius 1 is 0.917 bits per heavy atom. The Balaban J connectivity index is 3.27. The van der Waals surface area contributed by atoms with Crippen LogP contribution in [0.25, 0.3) is 0 Å². The molecule has 1 nitrogen and oxygen atoms in total. The molecule has 12 heavy (non-hydrogen) atoms. The van der Waals surface area contributed by atoms with Crippen LogP contribution in [0.15, 0.2) is 12.1 Å². The van der Waals surface area contributed by atoms with E-state index in [9.17, 15) is 0 Å². The lowest BCUT2D eigenvalue weighted by atomic mass is 10.3. The van der Waals surface area contributed by atoms with Gasteiger partial charge in [0.1, 0.15) is 0 Å². The van der Waals surface area contributed by atoms with Crippen LogP contribution < -0.4 is 1.33 Å². The summed E-state index contributed by atoms with van der Waals surface area (Å²) in [6, 6.07) is 4.29. The maximum atomic E-state index is 2.38. The summed E-state index contributed by atoms with van der Waals surface area (Å²) in [5.41, 5.74) is 1.27. The van der Waals surface area contributed by atoms with Gasteiger partial charge in [0.15, 0.2) is 0 Å². The highest BCUT2D eigenvalue weighted by molar-refractivity contribution is 14.2. The normalized spacial score (nSPS) is 10.1. The molecule has 1 aromatic carbocycles. The molecule has 0 unspecified atom stereocenters. The van der Waals surface area contributed by atoms with Crippen LogP contribution in [-0.2, 0) is 0 Å². The number of nitrogens with zero attached hydrogens (tertiary/aromatic N) is 1. The molecule has 1 rings (SSSR count). The molecule has 0 radical (unpaired) electrons. The van der Waals surface area contributed by atoms with Crippen LogP contribution in [0.1, 0.15) is 0 Å². The fourth-order valence-corrected chi connectivity index (χ4v) is 4.51. The number of anilines is 1. The van der Waals surface area contributed by atoms with Crippen LogP contribution in [-0.4, -0.2) is 0 Å². The third-order valence-corrected chi connectivity index (χ3v) is 7.41. The molecule has 0 heterocycles. The van der Waals surface area contributed by atoms with Crippen LogP contribution in [0.3, 0.4) is 0 Å². The van der Waals surface area contributed by atoms with Crippen molar-refractivity contribution in [3.63, 3.8) is 0 Å². The van der Waals surface area contributed by atoms with Crippen LogP contribution in [0.4, 0.5) is 5.69 Å². The molecule has 66 valence electrons. The number of rotatable bonds is 1. The number of hydrogen-bond donors (Lipinski definition) is 0. The second kappa shape index (κ2) is 5.67. The van der Waals surface area contributed by atoms with Gasteiger partial charge in [0.05, 0.1) is 55.0 Å². The molecule has 0 aliphatic carbocycles. The smallest absolute Gasteiger partial charge is 0.0709 e. The van der Waals surface area contributed by atoms with Gasteiger partial charge in [-0.1, -0.05) is 0 Å². The lowest BCUT2D eigenvalue weighted by Crippen LogP contribution is -1.96. The molecule has 0 amide bonds. The predicted molar refractivity (Wildman–Crippen MR) is 95.1 cm³/mol. The highest BCUT2D eigenvalue weighted by Crippen LogP contribution is 2.33. The molecule has 0 aliphatic rings. The van der Waals surface area contributed by atoms with E-state index in [1.165, 1.54) is 16.4 Å². The second-order valence-electron chi connectivity index (χ2n) is 1.93. The average Bonchev–Trinajstić information content (AvgIpc) is 2.00. The first-order valence-corrected chi connectivity index (χ1v) is 7.96. The topological polar surface area (TPSA) is 3.24 Å². The van der Waals surface area contributed by atoms with Crippen molar-refractivity contribution in [3.8, 4) is 0 Å². The Morgan fingerprint density at radius 2 is 1.50 bits per heavy atom. The summed E-state index contributed by atoms with van der Waals surface area (Å²) in [6.07, 6.45) is 0. The number of hydrogen-bond acceptors (Lipinski definition) is 1. The minimum Gasteiger partial charge on any atom is -0.254 e. The third kappa shape index (κ3) is 3.08. The highest BCUT2D eigenvalue weighted by atomic mass is 127. The van der Waals surface area contributed by atoms with Crippen molar-refractivity contribution in [2.24, 2.45) is 0 Å². The van der Waals surface area contributed by atoms with Gasteiger partial charge in [-0.05, 0) is 79.9 Å². The molecule has 6 heteroatoms. The molecular weight excluding hydrogens is 721 g/mol. The van der Waals surface area contributed by atoms with Gasteiger partial charge in [-0.25, -0.2) is 0 Å². The summed E-state index contributed by atoms with van der Waals surface area (Å²) in [7, 11) is 0. The van der Waals surface area contributed by atoms with E-state index in [1.807, 2.05) is 0 Å². The van der Waals surface area contributed by atoms with E-state index in [0.717, 1.165) is 0 Å². The van der Waals surface area contributed by atoms with Crippen LogP contribution in [0, 0.1) is 10.7 Å². The van der Waals surface area contributed by atoms with Crippen LogP contribution in [0.5, 0.6) is 0 Å². The first kappa shape index (κ1) is 12.7. The van der Waals surface area contributed by atoms with Crippen molar-refractivity contribution >= 4 is 119 Å². The third-order valence-electron chi connectivity index (χ3n) is 1.20. The predicted octanol–water partition coefficient (Wildman–Crippen LogP) is 5.01. The molecule has 0 aromatic heterocycles. The van der Waals surface area contributed by atoms with E-state index < -0.39 is 0 Å². The van der Waals surface area contributed by atoms with E-state index in [4.69, 9.17) is 0 Å². The van der Waals surface area contributed by atoms with Crippen molar-refractivity contribution in [2.45, 2.75) is 0 Å². The molecule has 0 N–H and O–H groups in total. The van der Waals surface area contributed by atoms with Gasteiger partial charge in [0, 0.05) is 7.14 Å². The fourth-order valence-electron chi connectivity index (χ4n) is 0.646. The minimum absolute atomic E-state index is 1.27. The lowest BCUT2D eigenvalue weighted by molar-refractivity contribution is 1.51. The van der Waals surface area contributed by atoms with E-state index in [1.54, 1.807) is 0 Å². The summed E-state index contributed by atoms with van der Waals surface area (Å²) in [4.78, 5) is 0. The summed E-state index contributed by atoms with van der Waals surface area (Å²) < 4.78 is 6.06. The molecule has 0 aliphatic heterocycles. The van der Waals surface area contributed by atoms with Gasteiger partial charge >= 0.3 is 0 Å². The van der Waals surface area contributed by atoms with Crippen molar-refractivity contribution in [1.82, 2.24) is 0 Å². The first-order chi connectivity index (χ1) is 5.54. The maximum absolute atomic E-state index is 2.38. The van der Waals surface area contributed by atoms with Crippen molar-refractivity contribution in [3.05, 3.63) is 22.8 Å². The van der Waals surface area contributed by atoms with Crippen molar-refractivity contribution in [2.75, 3.05) is 1.33 Å². The largest absolute Gasteiger partial charge is 0.254 e. The molecule has 0 bridgehead atoms. The SMILES string of the molecule is Ic1ccc(N(I)I)c(I)c1I. The zero-order valence-electron chi connectivity index (χ0n) is 5.49. The average molecular weight is 723 g/mol. The van der Waals surface area contributed by atoms with E-state index in [0.29, 0.717) is 0 Å². The molecule has 0 atom stereocenters. The Kier molecular flexibility index (Phi) is 6.02. The monoisotopic (exact) mass is 723 g/mol. The van der Waals surface area contributed by atoms with E-state index in [2.05, 4.69) is 127 Å². The Bertz CT molecular complexity index is 298. The molecular formula is C6H2I5N. The van der Waals surface area contributed by atoms with Crippen LogP contribution in [0.2, 0.25) is 0 Å². The molecule has 1 aromatic rings. The summed E-state index contributed by atoms with van der Waals surface area (Å²) in [5, 5.41) is 0. The molecule has 0 saturated carbocycles. The standard InChI is InChI=1S/C6H2I5N/c7-3-1-2-4(12(10)11)6(9)5(3)8/h1-2H. The van der Waals surface area contributed by atoms with Crippen molar-refractivity contribution in [1.29, 1.82) is 0 Å². The van der Waals surface area contributed by atoms with E-state index in [-0.39, 0.29) is 0 Å². The quantitative estimate of drug-likeness (QED) is 0.224. The van der Waals surface area contributed by atoms with Gasteiger partial charge in [-0.3, -0.25) is 1.33 Å². The Labute approximate surface area is 140 Å².